The number of amides is 1. The van der Waals surface area contributed by atoms with Crippen molar-refractivity contribution >= 4 is 11.6 Å². The molecule has 0 aliphatic rings. The fourth-order valence-corrected chi connectivity index (χ4v) is 1.62. The lowest BCUT2D eigenvalue weighted by atomic mass is 10.1. The Bertz CT molecular complexity index is 641. The molecule has 0 aliphatic carbocycles. The highest BCUT2D eigenvalue weighted by molar-refractivity contribution is 6.04. The van der Waals surface area contributed by atoms with Gasteiger partial charge in [-0.3, -0.25) is 4.79 Å². The molecule has 0 radical (unpaired) electrons. The van der Waals surface area contributed by atoms with Crippen molar-refractivity contribution in [2.24, 2.45) is 0 Å². The van der Waals surface area contributed by atoms with E-state index in [4.69, 9.17) is 0 Å². The number of nitrogens with one attached hydrogen (secondary N) is 1. The summed E-state index contributed by atoms with van der Waals surface area (Å²) in [6.07, 6.45) is 0. The van der Waals surface area contributed by atoms with Crippen molar-refractivity contribution in [1.29, 1.82) is 0 Å². The van der Waals surface area contributed by atoms with Crippen LogP contribution in [0.4, 0.5) is 14.5 Å². The summed E-state index contributed by atoms with van der Waals surface area (Å²) in [4.78, 5) is 11.9. The molecule has 0 fully saturated rings. The zero-order valence-corrected chi connectivity index (χ0v) is 10.1. The number of hydrogen-bond donors (Lipinski definition) is 2. The van der Waals surface area contributed by atoms with E-state index in [0.29, 0.717) is 11.3 Å². The smallest absolute Gasteiger partial charge is 0.255 e. The molecule has 2 aromatic rings. The molecule has 0 bridgehead atoms. The Kier molecular flexibility index (Phi) is 3.46. The third-order valence-corrected chi connectivity index (χ3v) is 2.64. The minimum absolute atomic E-state index is 0.0198. The lowest BCUT2D eigenvalue weighted by Gasteiger charge is -2.08. The van der Waals surface area contributed by atoms with Crippen LogP contribution < -0.4 is 5.32 Å². The van der Waals surface area contributed by atoms with Crippen LogP contribution in [0.2, 0.25) is 0 Å². The number of benzene rings is 2. The first-order valence-electron chi connectivity index (χ1n) is 5.53. The predicted octanol–water partition coefficient (Wildman–Crippen LogP) is 3.23. The fraction of sp³-hybridized carbons (Fsp3) is 0.0714. The van der Waals surface area contributed by atoms with Gasteiger partial charge in [-0.25, -0.2) is 8.78 Å². The number of anilines is 1. The minimum atomic E-state index is -1.07. The van der Waals surface area contributed by atoms with Crippen LogP contribution in [0.5, 0.6) is 5.75 Å². The number of aryl methyl sites for hydroxylation is 1. The van der Waals surface area contributed by atoms with Crippen LogP contribution in [0.3, 0.4) is 0 Å². The topological polar surface area (TPSA) is 49.3 Å². The zero-order valence-electron chi connectivity index (χ0n) is 10.1. The molecule has 5 heteroatoms. The van der Waals surface area contributed by atoms with Gasteiger partial charge in [0.2, 0.25) is 0 Å². The zero-order chi connectivity index (χ0) is 14.0. The average molecular weight is 263 g/mol. The van der Waals surface area contributed by atoms with Gasteiger partial charge in [-0.1, -0.05) is 0 Å². The van der Waals surface area contributed by atoms with Crippen molar-refractivity contribution in [2.45, 2.75) is 6.92 Å². The first kappa shape index (κ1) is 13.0. The van der Waals surface area contributed by atoms with E-state index in [1.54, 1.807) is 6.92 Å². The molecule has 2 aromatic carbocycles. The predicted molar refractivity (Wildman–Crippen MR) is 67.2 cm³/mol. The first-order valence-corrected chi connectivity index (χ1v) is 5.53. The molecule has 0 saturated carbocycles. The number of phenolic OH excluding ortho intramolecular Hbond substituents is 1. The monoisotopic (exact) mass is 263 g/mol. The third-order valence-electron chi connectivity index (χ3n) is 2.64. The van der Waals surface area contributed by atoms with Crippen molar-refractivity contribution < 1.29 is 18.7 Å². The van der Waals surface area contributed by atoms with E-state index in [9.17, 15) is 18.7 Å². The first-order chi connectivity index (χ1) is 8.97. The quantitative estimate of drug-likeness (QED) is 0.817. The second-order valence-electron chi connectivity index (χ2n) is 4.08. The normalized spacial score (nSPS) is 10.3. The van der Waals surface area contributed by atoms with Gasteiger partial charge in [-0.2, -0.15) is 0 Å². The molecule has 0 atom stereocenters. The SMILES string of the molecule is Cc1cc(O)ccc1NC(=O)c1ccc(F)c(F)c1. The van der Waals surface area contributed by atoms with E-state index in [1.807, 2.05) is 0 Å². The van der Waals surface area contributed by atoms with Gasteiger partial charge in [-0.15, -0.1) is 0 Å². The van der Waals surface area contributed by atoms with Crippen LogP contribution in [0.1, 0.15) is 15.9 Å². The van der Waals surface area contributed by atoms with Gasteiger partial charge in [-0.05, 0) is 48.9 Å². The highest BCUT2D eigenvalue weighted by atomic mass is 19.2. The second kappa shape index (κ2) is 5.06. The van der Waals surface area contributed by atoms with E-state index in [2.05, 4.69) is 5.32 Å². The molecule has 0 saturated heterocycles. The van der Waals surface area contributed by atoms with Crippen molar-refractivity contribution in [2.75, 3.05) is 5.32 Å². The van der Waals surface area contributed by atoms with Gasteiger partial charge in [0.1, 0.15) is 5.75 Å². The lowest BCUT2D eigenvalue weighted by Crippen LogP contribution is -2.13. The van der Waals surface area contributed by atoms with E-state index < -0.39 is 17.5 Å². The molecule has 1 amide bonds. The number of halogens is 2. The van der Waals surface area contributed by atoms with Crippen LogP contribution in [-0.2, 0) is 0 Å². The maximum absolute atomic E-state index is 13.0. The number of aromatic hydroxyl groups is 1. The Morgan fingerprint density at radius 1 is 1.11 bits per heavy atom. The van der Waals surface area contributed by atoms with Gasteiger partial charge in [0.15, 0.2) is 11.6 Å². The number of carbonyl (C=O) groups excluding carboxylic acids is 1. The van der Waals surface area contributed by atoms with E-state index in [-0.39, 0.29) is 11.3 Å². The molecule has 0 unspecified atom stereocenters. The Morgan fingerprint density at radius 3 is 2.47 bits per heavy atom. The molecule has 0 aromatic heterocycles. The summed E-state index contributed by atoms with van der Waals surface area (Å²) >= 11 is 0. The van der Waals surface area contributed by atoms with Crippen molar-refractivity contribution in [1.82, 2.24) is 0 Å². The van der Waals surface area contributed by atoms with Gasteiger partial charge in [0, 0.05) is 11.3 Å². The van der Waals surface area contributed by atoms with Crippen LogP contribution >= 0.6 is 0 Å². The maximum atomic E-state index is 13.0. The average Bonchev–Trinajstić information content (AvgIpc) is 2.36. The Hall–Kier alpha value is -2.43. The van der Waals surface area contributed by atoms with Gasteiger partial charge in [0.05, 0.1) is 0 Å². The van der Waals surface area contributed by atoms with Crippen LogP contribution in [-0.4, -0.2) is 11.0 Å². The Morgan fingerprint density at radius 2 is 1.84 bits per heavy atom. The third kappa shape index (κ3) is 2.88. The van der Waals surface area contributed by atoms with Crippen LogP contribution in [0, 0.1) is 18.6 Å². The molecule has 0 heterocycles. The van der Waals surface area contributed by atoms with Gasteiger partial charge < -0.3 is 10.4 Å². The molecule has 2 N–H and O–H groups in total. The maximum Gasteiger partial charge on any atom is 0.255 e. The molecular formula is C14H11F2NO2. The van der Waals surface area contributed by atoms with Crippen molar-refractivity contribution in [3.05, 3.63) is 59.2 Å². The van der Waals surface area contributed by atoms with Crippen LogP contribution in [0.25, 0.3) is 0 Å². The number of hydrogen-bond acceptors (Lipinski definition) is 2. The number of phenols is 1. The molecule has 2 rings (SSSR count). The molecular weight excluding hydrogens is 252 g/mol. The Balaban J connectivity index is 2.23. The Labute approximate surface area is 108 Å². The fourth-order valence-electron chi connectivity index (χ4n) is 1.62. The van der Waals surface area contributed by atoms with Gasteiger partial charge in [0.25, 0.3) is 5.91 Å². The molecule has 3 nitrogen and oxygen atoms in total. The number of carbonyl (C=O) groups is 1. The summed E-state index contributed by atoms with van der Waals surface area (Å²) in [7, 11) is 0. The lowest BCUT2D eigenvalue weighted by molar-refractivity contribution is 0.102. The van der Waals surface area contributed by atoms with E-state index in [1.165, 1.54) is 24.3 Å². The van der Waals surface area contributed by atoms with E-state index >= 15 is 0 Å². The summed E-state index contributed by atoms with van der Waals surface area (Å²) in [5.74, 6) is -2.54. The van der Waals surface area contributed by atoms with Crippen LogP contribution in [0.15, 0.2) is 36.4 Å². The summed E-state index contributed by atoms with van der Waals surface area (Å²) in [6.45, 7) is 1.71. The summed E-state index contributed by atoms with van der Waals surface area (Å²) in [5, 5.41) is 11.8. The molecule has 98 valence electrons. The number of rotatable bonds is 2. The molecule has 0 spiro atoms. The molecule has 19 heavy (non-hydrogen) atoms. The highest BCUT2D eigenvalue weighted by Gasteiger charge is 2.11. The van der Waals surface area contributed by atoms with E-state index in [0.717, 1.165) is 12.1 Å². The van der Waals surface area contributed by atoms with Gasteiger partial charge >= 0.3 is 0 Å². The van der Waals surface area contributed by atoms with Crippen molar-refractivity contribution in [3.63, 3.8) is 0 Å². The molecule has 0 aliphatic heterocycles. The minimum Gasteiger partial charge on any atom is -0.508 e. The summed E-state index contributed by atoms with van der Waals surface area (Å²) < 4.78 is 25.8. The standard InChI is InChI=1S/C14H11F2NO2/c1-8-6-10(18)3-5-13(8)17-14(19)9-2-4-11(15)12(16)7-9/h2-7,18H,1H3,(H,17,19). The highest BCUT2D eigenvalue weighted by Crippen LogP contribution is 2.21. The van der Waals surface area contributed by atoms with Crippen molar-refractivity contribution in [3.8, 4) is 5.75 Å². The summed E-state index contributed by atoms with van der Waals surface area (Å²) in [6, 6.07) is 7.37. The summed E-state index contributed by atoms with van der Waals surface area (Å²) in [5.41, 5.74) is 1.18. The second-order valence-corrected chi connectivity index (χ2v) is 4.08. The largest absolute Gasteiger partial charge is 0.508 e.